The van der Waals surface area contributed by atoms with Crippen molar-refractivity contribution in [3.8, 4) is 11.8 Å². The smallest absolute Gasteiger partial charge is 0.170 e. The van der Waals surface area contributed by atoms with E-state index >= 15 is 0 Å². The molecule has 0 heterocycles. The van der Waals surface area contributed by atoms with Crippen molar-refractivity contribution in [1.29, 1.82) is 0 Å². The van der Waals surface area contributed by atoms with E-state index < -0.39 is 24.7 Å². The van der Waals surface area contributed by atoms with Gasteiger partial charge in [-0.3, -0.25) is 0 Å². The maximum atomic E-state index is 12.0. The van der Waals surface area contributed by atoms with Crippen LogP contribution in [0.15, 0.2) is 0 Å². The Hall–Kier alpha value is -0.860. The zero-order chi connectivity index (χ0) is 12.8. The standard InChI is InChI=1S/C10H11F6/c1-2-3-4-5-6-7-8(9(11,12)13)10(14,15)16/h8H,1,4-7H2. The maximum Gasteiger partial charge on any atom is 0.400 e. The van der Waals surface area contributed by atoms with Gasteiger partial charge in [0.1, 0.15) is 0 Å². The number of rotatable bonds is 4. The lowest BCUT2D eigenvalue weighted by Gasteiger charge is -2.22. The molecule has 0 saturated carbocycles. The number of hydrogen-bond acceptors (Lipinski definition) is 0. The van der Waals surface area contributed by atoms with Crippen LogP contribution in [0, 0.1) is 24.7 Å². The molecule has 0 aliphatic carbocycles. The van der Waals surface area contributed by atoms with Crippen molar-refractivity contribution in [2.45, 2.75) is 38.0 Å². The summed E-state index contributed by atoms with van der Waals surface area (Å²) in [5, 5.41) is 0. The highest BCUT2D eigenvalue weighted by Gasteiger charge is 2.55. The van der Waals surface area contributed by atoms with Gasteiger partial charge in [-0.2, -0.15) is 26.3 Å². The molecule has 0 atom stereocenters. The van der Waals surface area contributed by atoms with Crippen LogP contribution in [0.5, 0.6) is 0 Å². The summed E-state index contributed by atoms with van der Waals surface area (Å²) in [5.74, 6) is 1.52. The summed E-state index contributed by atoms with van der Waals surface area (Å²) in [6.07, 6.45) is -11.1. The molecule has 1 radical (unpaired) electrons. The Morgan fingerprint density at radius 2 is 1.44 bits per heavy atom. The molecule has 0 amide bonds. The van der Waals surface area contributed by atoms with Gasteiger partial charge in [0.25, 0.3) is 0 Å². The first-order chi connectivity index (χ1) is 7.19. The van der Waals surface area contributed by atoms with Crippen molar-refractivity contribution in [2.75, 3.05) is 0 Å². The Balaban J connectivity index is 4.19. The second-order valence-corrected chi connectivity index (χ2v) is 3.24. The van der Waals surface area contributed by atoms with Crippen LogP contribution < -0.4 is 0 Å². The highest BCUT2D eigenvalue weighted by atomic mass is 19.4. The molecule has 0 nitrogen and oxygen atoms in total. The Kier molecular flexibility index (Phi) is 5.70. The van der Waals surface area contributed by atoms with Crippen LogP contribution in [0.2, 0.25) is 0 Å². The summed E-state index contributed by atoms with van der Waals surface area (Å²) >= 11 is 0. The largest absolute Gasteiger partial charge is 0.400 e. The Morgan fingerprint density at radius 3 is 1.81 bits per heavy atom. The molecule has 0 fully saturated rings. The van der Waals surface area contributed by atoms with E-state index in [1.807, 2.05) is 0 Å². The van der Waals surface area contributed by atoms with Gasteiger partial charge >= 0.3 is 12.4 Å². The van der Waals surface area contributed by atoms with E-state index in [1.165, 1.54) is 0 Å². The van der Waals surface area contributed by atoms with Crippen molar-refractivity contribution >= 4 is 0 Å². The first-order valence-electron chi connectivity index (χ1n) is 4.58. The van der Waals surface area contributed by atoms with Crippen molar-refractivity contribution in [3.05, 3.63) is 6.92 Å². The van der Waals surface area contributed by atoms with Crippen LogP contribution in [0.3, 0.4) is 0 Å². The zero-order valence-corrected chi connectivity index (χ0v) is 8.38. The molecule has 0 bridgehead atoms. The lowest BCUT2D eigenvalue weighted by molar-refractivity contribution is -0.285. The van der Waals surface area contributed by atoms with Gasteiger partial charge in [-0.25, -0.2) is 0 Å². The summed E-state index contributed by atoms with van der Waals surface area (Å²) in [4.78, 5) is 0. The third kappa shape index (κ3) is 5.89. The van der Waals surface area contributed by atoms with Crippen LogP contribution in [0.25, 0.3) is 0 Å². The summed E-state index contributed by atoms with van der Waals surface area (Å²) in [6, 6.07) is 0. The summed E-state index contributed by atoms with van der Waals surface area (Å²) < 4.78 is 72.2. The van der Waals surface area contributed by atoms with Gasteiger partial charge in [-0.05, 0) is 12.8 Å². The minimum absolute atomic E-state index is 0.154. The summed E-state index contributed by atoms with van der Waals surface area (Å²) in [5.41, 5.74) is 0. The van der Waals surface area contributed by atoms with E-state index in [2.05, 4.69) is 18.8 Å². The maximum absolute atomic E-state index is 12.0. The highest BCUT2D eigenvalue weighted by Crippen LogP contribution is 2.42. The highest BCUT2D eigenvalue weighted by molar-refractivity contribution is 5.00. The molecule has 16 heavy (non-hydrogen) atoms. The molecule has 0 unspecified atom stereocenters. The molecular weight excluding hydrogens is 234 g/mol. The molecule has 0 aliphatic rings. The minimum Gasteiger partial charge on any atom is -0.170 e. The van der Waals surface area contributed by atoms with Crippen LogP contribution in [-0.2, 0) is 0 Å². The van der Waals surface area contributed by atoms with E-state index in [0.717, 1.165) is 0 Å². The molecule has 0 aromatic heterocycles. The minimum atomic E-state index is -5.23. The average molecular weight is 245 g/mol. The fraction of sp³-hybridized carbons (Fsp3) is 0.700. The Labute approximate surface area is 90.0 Å². The quantitative estimate of drug-likeness (QED) is 0.397. The van der Waals surface area contributed by atoms with Crippen molar-refractivity contribution in [3.63, 3.8) is 0 Å². The molecule has 0 rings (SSSR count). The number of hydrogen-bond donors (Lipinski definition) is 0. The molecule has 93 valence electrons. The predicted octanol–water partition coefficient (Wildman–Crippen LogP) is 4.13. The first kappa shape index (κ1) is 15.1. The monoisotopic (exact) mass is 245 g/mol. The Bertz CT molecular complexity index is 237. The van der Waals surface area contributed by atoms with E-state index in [1.54, 1.807) is 0 Å². The van der Waals surface area contributed by atoms with E-state index in [9.17, 15) is 26.3 Å². The summed E-state index contributed by atoms with van der Waals surface area (Å²) in [6.45, 7) is 3.18. The van der Waals surface area contributed by atoms with Gasteiger partial charge in [0.2, 0.25) is 0 Å². The van der Waals surface area contributed by atoms with E-state index in [4.69, 9.17) is 0 Å². The molecular formula is C10H11F6. The van der Waals surface area contributed by atoms with E-state index in [0.29, 0.717) is 0 Å². The van der Waals surface area contributed by atoms with Crippen LogP contribution in [0.4, 0.5) is 26.3 Å². The van der Waals surface area contributed by atoms with Crippen molar-refractivity contribution in [1.82, 2.24) is 0 Å². The number of alkyl halides is 6. The number of halogens is 6. The normalized spacial score (nSPS) is 12.5. The SMILES string of the molecule is [CH2]C#CCCCCC(C(F)(F)F)C(F)(F)F. The lowest BCUT2D eigenvalue weighted by Crippen LogP contribution is -2.36. The summed E-state index contributed by atoms with van der Waals surface area (Å²) in [7, 11) is 0. The fourth-order valence-corrected chi connectivity index (χ4v) is 1.16. The molecule has 0 aromatic carbocycles. The van der Waals surface area contributed by atoms with Crippen LogP contribution in [0.1, 0.15) is 25.7 Å². The van der Waals surface area contributed by atoms with Gasteiger partial charge in [0.05, 0.1) is 0 Å². The topological polar surface area (TPSA) is 0 Å². The van der Waals surface area contributed by atoms with Crippen LogP contribution in [-0.4, -0.2) is 12.4 Å². The van der Waals surface area contributed by atoms with Crippen molar-refractivity contribution in [2.24, 2.45) is 5.92 Å². The van der Waals surface area contributed by atoms with Crippen molar-refractivity contribution < 1.29 is 26.3 Å². The van der Waals surface area contributed by atoms with Gasteiger partial charge in [-0.15, -0.1) is 11.8 Å². The molecule has 0 saturated heterocycles. The third-order valence-electron chi connectivity index (χ3n) is 1.96. The van der Waals surface area contributed by atoms with E-state index in [-0.39, 0.29) is 19.3 Å². The van der Waals surface area contributed by atoms with Crippen LogP contribution >= 0.6 is 0 Å². The van der Waals surface area contributed by atoms with Gasteiger partial charge < -0.3 is 0 Å². The van der Waals surface area contributed by atoms with Gasteiger partial charge in [-0.1, -0.05) is 6.42 Å². The fourth-order valence-electron chi connectivity index (χ4n) is 1.16. The average Bonchev–Trinajstić information content (AvgIpc) is 2.06. The Morgan fingerprint density at radius 1 is 0.938 bits per heavy atom. The second-order valence-electron chi connectivity index (χ2n) is 3.24. The molecule has 0 aliphatic heterocycles. The first-order valence-corrected chi connectivity index (χ1v) is 4.58. The zero-order valence-electron chi connectivity index (χ0n) is 8.38. The number of unbranched alkanes of at least 4 members (excludes halogenated alkanes) is 2. The lowest BCUT2D eigenvalue weighted by atomic mass is 10.00. The molecule has 0 N–H and O–H groups in total. The second kappa shape index (κ2) is 6.02. The predicted molar refractivity (Wildman–Crippen MR) is 47.2 cm³/mol. The van der Waals surface area contributed by atoms with Gasteiger partial charge in [0, 0.05) is 13.3 Å². The molecule has 6 heteroatoms. The third-order valence-corrected chi connectivity index (χ3v) is 1.96. The molecule has 0 aromatic rings. The van der Waals surface area contributed by atoms with Gasteiger partial charge in [0.15, 0.2) is 5.92 Å². The molecule has 0 spiro atoms.